The van der Waals surface area contributed by atoms with Crippen LogP contribution in [0.25, 0.3) is 11.1 Å². The quantitative estimate of drug-likeness (QED) is 0.496. The molecule has 1 unspecified atom stereocenters. The lowest BCUT2D eigenvalue weighted by molar-refractivity contribution is -0.138. The van der Waals surface area contributed by atoms with E-state index in [0.717, 1.165) is 22.3 Å². The van der Waals surface area contributed by atoms with E-state index in [2.05, 4.69) is 22.8 Å². The van der Waals surface area contributed by atoms with E-state index in [1.807, 2.05) is 57.2 Å². The van der Waals surface area contributed by atoms with Gasteiger partial charge in [-0.3, -0.25) is 9.59 Å². The third-order valence-electron chi connectivity index (χ3n) is 5.78. The number of carbonyl (C=O) groups is 3. The molecule has 0 saturated carbocycles. The average molecular weight is 483 g/mol. The van der Waals surface area contributed by atoms with Crippen LogP contribution < -0.4 is 10.6 Å². The number of fused-ring (bicyclic) bond motifs is 3. The Balaban J connectivity index is 1.70. The third-order valence-corrected chi connectivity index (χ3v) is 5.78. The lowest BCUT2D eigenvalue weighted by Gasteiger charge is -2.31. The Morgan fingerprint density at radius 3 is 2.00 bits per heavy atom. The SMILES string of the molecule is CC(CC(=O)O)NC(=O)[C@@H](NC(=O)OCC1c2ccccc2-c2ccccc21)[C@@H](C)OC(C)(C)C. The predicted octanol–water partition coefficient (Wildman–Crippen LogP) is 4.08. The summed E-state index contributed by atoms with van der Waals surface area (Å²) >= 11 is 0. The van der Waals surface area contributed by atoms with E-state index >= 15 is 0 Å². The Hall–Kier alpha value is -3.39. The number of hydrogen-bond donors (Lipinski definition) is 3. The lowest BCUT2D eigenvalue weighted by atomic mass is 9.98. The molecule has 8 heteroatoms. The molecule has 35 heavy (non-hydrogen) atoms. The van der Waals surface area contributed by atoms with Crippen LogP contribution in [-0.4, -0.2) is 53.5 Å². The fourth-order valence-electron chi connectivity index (χ4n) is 4.43. The zero-order chi connectivity index (χ0) is 25.8. The first-order valence-electron chi connectivity index (χ1n) is 11.8. The lowest BCUT2D eigenvalue weighted by Crippen LogP contribution is -2.56. The molecule has 0 fully saturated rings. The first-order chi connectivity index (χ1) is 16.5. The zero-order valence-electron chi connectivity index (χ0n) is 20.8. The second-order valence-corrected chi connectivity index (χ2v) is 9.89. The highest BCUT2D eigenvalue weighted by atomic mass is 16.6. The van der Waals surface area contributed by atoms with Crippen molar-refractivity contribution in [1.29, 1.82) is 0 Å². The molecule has 0 saturated heterocycles. The normalized spacial score (nSPS) is 15.3. The summed E-state index contributed by atoms with van der Waals surface area (Å²) in [4.78, 5) is 36.7. The third kappa shape index (κ3) is 6.82. The van der Waals surface area contributed by atoms with Crippen molar-refractivity contribution in [3.63, 3.8) is 0 Å². The molecular formula is C27H34N2O6. The number of nitrogens with one attached hydrogen (secondary N) is 2. The van der Waals surface area contributed by atoms with Gasteiger partial charge < -0.3 is 25.2 Å². The Morgan fingerprint density at radius 1 is 0.943 bits per heavy atom. The van der Waals surface area contributed by atoms with Gasteiger partial charge in [0.05, 0.1) is 18.1 Å². The van der Waals surface area contributed by atoms with Crippen molar-refractivity contribution in [2.75, 3.05) is 6.61 Å². The van der Waals surface area contributed by atoms with E-state index in [0.29, 0.717) is 0 Å². The number of aliphatic carboxylic acids is 1. The van der Waals surface area contributed by atoms with Crippen LogP contribution in [0.1, 0.15) is 58.1 Å². The van der Waals surface area contributed by atoms with Crippen molar-refractivity contribution in [3.05, 3.63) is 59.7 Å². The zero-order valence-corrected chi connectivity index (χ0v) is 20.8. The number of benzene rings is 2. The number of rotatable bonds is 9. The van der Waals surface area contributed by atoms with Crippen LogP contribution in [0.4, 0.5) is 4.79 Å². The monoisotopic (exact) mass is 482 g/mol. The highest BCUT2D eigenvalue weighted by molar-refractivity contribution is 5.87. The fourth-order valence-corrected chi connectivity index (χ4v) is 4.43. The number of carbonyl (C=O) groups excluding carboxylic acids is 2. The Labute approximate surface area is 206 Å². The van der Waals surface area contributed by atoms with Gasteiger partial charge in [0.25, 0.3) is 0 Å². The highest BCUT2D eigenvalue weighted by Gasteiger charge is 2.33. The van der Waals surface area contributed by atoms with Crippen molar-refractivity contribution in [3.8, 4) is 11.1 Å². The molecule has 0 aliphatic heterocycles. The van der Waals surface area contributed by atoms with Gasteiger partial charge >= 0.3 is 12.1 Å². The second-order valence-electron chi connectivity index (χ2n) is 9.89. The van der Waals surface area contributed by atoms with Gasteiger partial charge in [-0.25, -0.2) is 4.79 Å². The van der Waals surface area contributed by atoms with Gasteiger partial charge in [0.2, 0.25) is 5.91 Å². The predicted molar refractivity (Wildman–Crippen MR) is 132 cm³/mol. The van der Waals surface area contributed by atoms with Gasteiger partial charge in [0, 0.05) is 12.0 Å². The Morgan fingerprint density at radius 2 is 1.49 bits per heavy atom. The largest absolute Gasteiger partial charge is 0.481 e. The average Bonchev–Trinajstić information content (AvgIpc) is 3.08. The molecule has 2 aromatic carbocycles. The van der Waals surface area contributed by atoms with Gasteiger partial charge in [-0.15, -0.1) is 0 Å². The number of carboxylic acid groups (broad SMARTS) is 1. The second kappa shape index (κ2) is 10.9. The van der Waals surface area contributed by atoms with Crippen molar-refractivity contribution < 1.29 is 29.0 Å². The van der Waals surface area contributed by atoms with Crippen LogP contribution in [0, 0.1) is 0 Å². The Kier molecular flexibility index (Phi) is 8.17. The first kappa shape index (κ1) is 26.2. The molecule has 0 bridgehead atoms. The summed E-state index contributed by atoms with van der Waals surface area (Å²) in [6.07, 6.45) is -1.67. The summed E-state index contributed by atoms with van der Waals surface area (Å²) in [5.41, 5.74) is 3.85. The van der Waals surface area contributed by atoms with Gasteiger partial charge in [-0.2, -0.15) is 0 Å². The minimum absolute atomic E-state index is 0.109. The van der Waals surface area contributed by atoms with Gasteiger partial charge in [-0.05, 0) is 56.9 Å². The topological polar surface area (TPSA) is 114 Å². The van der Waals surface area contributed by atoms with Gasteiger partial charge in [0.1, 0.15) is 12.6 Å². The minimum Gasteiger partial charge on any atom is -0.481 e. The number of carboxylic acids is 1. The molecule has 3 N–H and O–H groups in total. The molecule has 2 amide bonds. The summed E-state index contributed by atoms with van der Waals surface area (Å²) in [6.45, 7) is 8.92. The molecule has 3 atom stereocenters. The molecule has 0 aromatic heterocycles. The summed E-state index contributed by atoms with van der Waals surface area (Å²) in [7, 11) is 0. The van der Waals surface area contributed by atoms with E-state index in [1.54, 1.807) is 13.8 Å². The molecule has 0 spiro atoms. The summed E-state index contributed by atoms with van der Waals surface area (Å²) in [5, 5.41) is 14.3. The smallest absolute Gasteiger partial charge is 0.407 e. The molecule has 0 heterocycles. The first-order valence-corrected chi connectivity index (χ1v) is 11.8. The molecule has 2 aromatic rings. The maximum Gasteiger partial charge on any atom is 0.407 e. The Bertz CT molecular complexity index is 1030. The minimum atomic E-state index is -1.07. The summed E-state index contributed by atoms with van der Waals surface area (Å²) < 4.78 is 11.5. The summed E-state index contributed by atoms with van der Waals surface area (Å²) in [5.74, 6) is -1.68. The maximum atomic E-state index is 12.9. The molecule has 0 radical (unpaired) electrons. The van der Waals surface area contributed by atoms with Gasteiger partial charge in [-0.1, -0.05) is 48.5 Å². The van der Waals surface area contributed by atoms with Crippen LogP contribution in [0.5, 0.6) is 0 Å². The highest BCUT2D eigenvalue weighted by Crippen LogP contribution is 2.44. The van der Waals surface area contributed by atoms with E-state index in [1.165, 1.54) is 0 Å². The van der Waals surface area contributed by atoms with E-state index in [4.69, 9.17) is 14.6 Å². The van der Waals surface area contributed by atoms with Crippen LogP contribution in [0.15, 0.2) is 48.5 Å². The molecule has 8 nitrogen and oxygen atoms in total. The van der Waals surface area contributed by atoms with Crippen LogP contribution in [-0.2, 0) is 19.1 Å². The van der Waals surface area contributed by atoms with E-state index < -0.39 is 41.8 Å². The van der Waals surface area contributed by atoms with Crippen molar-refractivity contribution in [1.82, 2.24) is 10.6 Å². The van der Waals surface area contributed by atoms with Crippen molar-refractivity contribution in [2.45, 2.75) is 70.7 Å². The van der Waals surface area contributed by atoms with E-state index in [9.17, 15) is 14.4 Å². The van der Waals surface area contributed by atoms with Crippen LogP contribution in [0.3, 0.4) is 0 Å². The molecule has 1 aliphatic carbocycles. The van der Waals surface area contributed by atoms with Crippen LogP contribution >= 0.6 is 0 Å². The van der Waals surface area contributed by atoms with Gasteiger partial charge in [0.15, 0.2) is 0 Å². The van der Waals surface area contributed by atoms with E-state index in [-0.39, 0.29) is 18.9 Å². The molecule has 3 rings (SSSR count). The number of hydrogen-bond acceptors (Lipinski definition) is 5. The molecule has 1 aliphatic rings. The van der Waals surface area contributed by atoms with Crippen LogP contribution in [0.2, 0.25) is 0 Å². The summed E-state index contributed by atoms with van der Waals surface area (Å²) in [6, 6.07) is 14.4. The number of alkyl carbamates (subject to hydrolysis) is 1. The van der Waals surface area contributed by atoms with Crippen molar-refractivity contribution >= 4 is 18.0 Å². The fraction of sp³-hybridized carbons (Fsp3) is 0.444. The number of amides is 2. The molecular weight excluding hydrogens is 448 g/mol. The molecule has 188 valence electrons. The standard InChI is InChI=1S/C27H34N2O6/c1-16(14-23(30)31)28-25(32)24(17(2)35-27(3,4)5)29-26(33)34-15-22-20-12-8-6-10-18(20)19-11-7-9-13-21(19)22/h6-13,16-17,22,24H,14-15H2,1-5H3,(H,28,32)(H,29,33)(H,30,31)/t16?,17-,24+/m1/s1. The maximum absolute atomic E-state index is 12.9. The number of ether oxygens (including phenoxy) is 2. The van der Waals surface area contributed by atoms with Crippen molar-refractivity contribution in [2.24, 2.45) is 0 Å².